The van der Waals surface area contributed by atoms with Crippen molar-refractivity contribution in [3.05, 3.63) is 34.3 Å². The molecule has 0 saturated heterocycles. The van der Waals surface area contributed by atoms with Crippen molar-refractivity contribution < 1.29 is 9.53 Å². The minimum Gasteiger partial charge on any atom is -0.459 e. The molecule has 3 nitrogen and oxygen atoms in total. The van der Waals surface area contributed by atoms with Gasteiger partial charge in [0, 0.05) is 17.1 Å². The molecule has 0 bridgehead atoms. The Morgan fingerprint density at radius 3 is 2.85 bits per heavy atom. The Morgan fingerprint density at radius 2 is 2.15 bits per heavy atom. The van der Waals surface area contributed by atoms with Gasteiger partial charge in [0.2, 0.25) is 0 Å². The number of hydrogen-bond donors (Lipinski definition) is 0. The number of hydrogen-bond acceptors (Lipinski definition) is 3. The van der Waals surface area contributed by atoms with Gasteiger partial charge >= 0.3 is 5.97 Å². The first kappa shape index (κ1) is 13.6. The molecule has 1 aliphatic carbocycles. The summed E-state index contributed by atoms with van der Waals surface area (Å²) in [6.07, 6.45) is 1.40. The first-order chi connectivity index (χ1) is 9.32. The average molecular weight is 292 g/mol. The summed E-state index contributed by atoms with van der Waals surface area (Å²) in [6.45, 7) is 6.37. The third-order valence-electron chi connectivity index (χ3n) is 3.87. The third-order valence-corrected chi connectivity index (χ3v) is 4.11. The zero-order valence-corrected chi connectivity index (χ0v) is 12.8. The lowest BCUT2D eigenvalue weighted by molar-refractivity contribution is -0.163. The fraction of sp³-hybridized carbons (Fsp3) is 0.500. The maximum atomic E-state index is 12.7. The molecule has 0 radical (unpaired) electrons. The highest BCUT2D eigenvalue weighted by Crippen LogP contribution is 2.45. The Kier molecular flexibility index (Phi) is 2.94. The molecule has 106 valence electrons. The molecule has 0 aromatic heterocycles. The van der Waals surface area contributed by atoms with Crippen LogP contribution in [0.15, 0.2) is 23.2 Å². The predicted octanol–water partition coefficient (Wildman–Crippen LogP) is 3.42. The van der Waals surface area contributed by atoms with E-state index in [4.69, 9.17) is 16.3 Å². The lowest BCUT2D eigenvalue weighted by Gasteiger charge is -2.28. The van der Waals surface area contributed by atoms with Crippen molar-refractivity contribution in [3.63, 3.8) is 0 Å². The second-order valence-electron chi connectivity index (χ2n) is 6.54. The number of halogens is 1. The van der Waals surface area contributed by atoms with E-state index in [2.05, 4.69) is 4.99 Å². The molecule has 1 atom stereocenters. The van der Waals surface area contributed by atoms with E-state index in [0.29, 0.717) is 18.0 Å². The van der Waals surface area contributed by atoms with Crippen LogP contribution in [-0.2, 0) is 16.0 Å². The summed E-state index contributed by atoms with van der Waals surface area (Å²) in [5.41, 5.74) is 1.94. The van der Waals surface area contributed by atoms with Gasteiger partial charge in [-0.25, -0.2) is 0 Å². The van der Waals surface area contributed by atoms with Gasteiger partial charge in [0.25, 0.3) is 0 Å². The van der Waals surface area contributed by atoms with Crippen molar-refractivity contribution in [2.75, 3.05) is 6.54 Å². The summed E-state index contributed by atoms with van der Waals surface area (Å²) < 4.78 is 5.64. The molecule has 20 heavy (non-hydrogen) atoms. The number of esters is 1. The van der Waals surface area contributed by atoms with Crippen LogP contribution in [0.4, 0.5) is 0 Å². The van der Waals surface area contributed by atoms with E-state index in [-0.39, 0.29) is 5.97 Å². The van der Waals surface area contributed by atoms with Gasteiger partial charge in [-0.2, -0.15) is 0 Å². The number of benzene rings is 1. The Morgan fingerprint density at radius 1 is 1.40 bits per heavy atom. The Bertz CT molecular complexity index is 615. The molecule has 0 spiro atoms. The van der Waals surface area contributed by atoms with Crippen LogP contribution in [0.1, 0.15) is 38.3 Å². The number of carbonyl (C=O) groups is 1. The Balaban J connectivity index is 2.01. The largest absolute Gasteiger partial charge is 0.459 e. The zero-order valence-electron chi connectivity index (χ0n) is 12.0. The minimum absolute atomic E-state index is 0.159. The lowest BCUT2D eigenvalue weighted by atomic mass is 9.81. The van der Waals surface area contributed by atoms with E-state index in [1.54, 1.807) is 0 Å². The molecule has 0 fully saturated rings. The molecule has 1 aromatic carbocycles. The van der Waals surface area contributed by atoms with E-state index in [0.717, 1.165) is 23.3 Å². The molecular formula is C16H18ClNO2. The number of rotatable bonds is 1. The fourth-order valence-corrected chi connectivity index (χ4v) is 3.21. The number of aliphatic imine (C=N–C) groups is 1. The van der Waals surface area contributed by atoms with Crippen LogP contribution >= 0.6 is 11.6 Å². The summed E-state index contributed by atoms with van der Waals surface area (Å²) in [5, 5.41) is 0.679. The van der Waals surface area contributed by atoms with Gasteiger partial charge in [-0.3, -0.25) is 9.79 Å². The van der Waals surface area contributed by atoms with Crippen molar-refractivity contribution in [3.8, 4) is 0 Å². The van der Waals surface area contributed by atoms with Gasteiger partial charge in [0.1, 0.15) is 11.0 Å². The smallest absolute Gasteiger partial charge is 0.319 e. The van der Waals surface area contributed by atoms with Gasteiger partial charge in [0.05, 0.1) is 5.71 Å². The average Bonchev–Trinajstić information content (AvgIpc) is 2.84. The van der Waals surface area contributed by atoms with Crippen LogP contribution in [0.25, 0.3) is 0 Å². The van der Waals surface area contributed by atoms with Gasteiger partial charge in [-0.05, 0) is 51.3 Å². The monoisotopic (exact) mass is 291 g/mol. The highest BCUT2D eigenvalue weighted by Gasteiger charge is 2.53. The Labute approximate surface area is 124 Å². The predicted molar refractivity (Wildman–Crippen MR) is 79.5 cm³/mol. The van der Waals surface area contributed by atoms with Crippen LogP contribution in [0, 0.1) is 5.41 Å². The summed E-state index contributed by atoms with van der Waals surface area (Å²) in [6, 6.07) is 5.77. The van der Waals surface area contributed by atoms with Crippen molar-refractivity contribution in [1.29, 1.82) is 0 Å². The molecule has 1 aliphatic heterocycles. The van der Waals surface area contributed by atoms with E-state index in [1.165, 1.54) is 0 Å². The van der Waals surface area contributed by atoms with Crippen LogP contribution in [-0.4, -0.2) is 23.8 Å². The minimum atomic E-state index is -0.597. The molecule has 2 aliphatic rings. The van der Waals surface area contributed by atoms with Crippen molar-refractivity contribution >= 4 is 23.3 Å². The van der Waals surface area contributed by atoms with E-state index in [1.807, 2.05) is 39.0 Å². The number of fused-ring (bicyclic) bond motifs is 3. The fourth-order valence-electron chi connectivity index (χ4n) is 3.04. The normalized spacial score (nSPS) is 24.1. The molecular weight excluding hydrogens is 274 g/mol. The maximum absolute atomic E-state index is 12.7. The molecule has 1 aromatic rings. The van der Waals surface area contributed by atoms with Crippen LogP contribution in [0.5, 0.6) is 0 Å². The third kappa shape index (κ3) is 2.05. The molecule has 1 heterocycles. The van der Waals surface area contributed by atoms with Gasteiger partial charge in [-0.1, -0.05) is 17.7 Å². The molecule has 0 N–H and O–H groups in total. The zero-order chi connectivity index (χ0) is 14.5. The summed E-state index contributed by atoms with van der Waals surface area (Å²) >= 11 is 6.07. The highest BCUT2D eigenvalue weighted by atomic mass is 35.5. The van der Waals surface area contributed by atoms with Crippen molar-refractivity contribution in [2.45, 2.75) is 39.2 Å². The topological polar surface area (TPSA) is 38.7 Å². The van der Waals surface area contributed by atoms with E-state index < -0.39 is 11.0 Å². The maximum Gasteiger partial charge on any atom is 0.319 e. The second kappa shape index (κ2) is 4.32. The van der Waals surface area contributed by atoms with Crippen molar-refractivity contribution in [2.24, 2.45) is 10.4 Å². The van der Waals surface area contributed by atoms with Gasteiger partial charge in [0.15, 0.2) is 0 Å². The first-order valence-electron chi connectivity index (χ1n) is 6.89. The van der Waals surface area contributed by atoms with E-state index in [9.17, 15) is 4.79 Å². The van der Waals surface area contributed by atoms with Crippen molar-refractivity contribution in [1.82, 2.24) is 0 Å². The number of nitrogens with zero attached hydrogens (tertiary/aromatic N) is 1. The molecule has 3 rings (SSSR count). The molecule has 0 unspecified atom stereocenters. The van der Waals surface area contributed by atoms with Gasteiger partial charge in [-0.15, -0.1) is 0 Å². The van der Waals surface area contributed by atoms with E-state index >= 15 is 0 Å². The second-order valence-corrected chi connectivity index (χ2v) is 6.98. The number of carbonyl (C=O) groups excluding carboxylic acids is 1. The standard InChI is InChI=1S/C16H18ClNO2/c1-15(2,3)20-14(19)16-6-7-18-13(16)12-8-11(17)5-4-10(12)9-16/h4-5,8H,6-7,9H2,1-3H3/t16-/m1/s1. The van der Waals surface area contributed by atoms with Crippen LogP contribution < -0.4 is 0 Å². The summed E-state index contributed by atoms with van der Waals surface area (Å²) in [5.74, 6) is -0.159. The lowest BCUT2D eigenvalue weighted by Crippen LogP contribution is -2.40. The quantitative estimate of drug-likeness (QED) is 0.744. The first-order valence-corrected chi connectivity index (χ1v) is 7.27. The summed E-state index contributed by atoms with van der Waals surface area (Å²) in [4.78, 5) is 17.2. The number of ether oxygens (including phenoxy) is 1. The Hall–Kier alpha value is -1.35. The highest BCUT2D eigenvalue weighted by molar-refractivity contribution is 6.31. The van der Waals surface area contributed by atoms with Gasteiger partial charge < -0.3 is 4.74 Å². The molecule has 0 amide bonds. The van der Waals surface area contributed by atoms with Crippen LogP contribution in [0.3, 0.4) is 0 Å². The van der Waals surface area contributed by atoms with Crippen LogP contribution in [0.2, 0.25) is 5.02 Å². The molecule has 0 saturated carbocycles. The summed E-state index contributed by atoms with van der Waals surface area (Å²) in [7, 11) is 0. The molecule has 4 heteroatoms. The SMILES string of the molecule is CC(C)(C)OC(=O)[C@@]12CCN=C1c1cc(Cl)ccc1C2.